The van der Waals surface area contributed by atoms with Crippen molar-refractivity contribution in [2.45, 2.75) is 119 Å². The van der Waals surface area contributed by atoms with Crippen LogP contribution in [0.25, 0.3) is 11.0 Å². The summed E-state index contributed by atoms with van der Waals surface area (Å²) in [4.78, 5) is 21.3. The lowest BCUT2D eigenvalue weighted by Crippen LogP contribution is -2.44. The van der Waals surface area contributed by atoms with E-state index >= 15 is 0 Å². The molecule has 4 aromatic rings. The van der Waals surface area contributed by atoms with Crippen LogP contribution in [-0.4, -0.2) is 77.3 Å². The van der Waals surface area contributed by atoms with Crippen molar-refractivity contribution in [3.8, 4) is 0 Å². The van der Waals surface area contributed by atoms with Crippen molar-refractivity contribution in [3.63, 3.8) is 0 Å². The van der Waals surface area contributed by atoms with Gasteiger partial charge in [-0.05, 0) is 117 Å². The fourth-order valence-corrected chi connectivity index (χ4v) is 6.36. The summed E-state index contributed by atoms with van der Waals surface area (Å²) in [5.74, 6) is 0.754. The monoisotopic (exact) mass is 781 g/mol. The Morgan fingerprint density at radius 2 is 1.61 bits per heavy atom. The van der Waals surface area contributed by atoms with Crippen LogP contribution >= 0.6 is 0 Å². The summed E-state index contributed by atoms with van der Waals surface area (Å²) in [7, 11) is 2.01. The number of likely N-dealkylation sites (N-methyl/N-ethyl adjacent to an activating group) is 1. The van der Waals surface area contributed by atoms with Crippen molar-refractivity contribution >= 4 is 22.6 Å². The van der Waals surface area contributed by atoms with Crippen LogP contribution in [0.3, 0.4) is 0 Å². The number of pyridine rings is 1. The number of aromatic amines is 1. The third kappa shape index (κ3) is 14.6. The van der Waals surface area contributed by atoms with Gasteiger partial charge in [-0.2, -0.15) is 18.3 Å². The van der Waals surface area contributed by atoms with Crippen molar-refractivity contribution in [2.75, 3.05) is 51.8 Å². The van der Waals surface area contributed by atoms with Gasteiger partial charge in [0.05, 0.1) is 5.56 Å². The van der Waals surface area contributed by atoms with Crippen LogP contribution in [0, 0.1) is 12.8 Å². The maximum Gasteiger partial charge on any atom is 0.416 e. The first-order valence-electron chi connectivity index (χ1n) is 20.7. The van der Waals surface area contributed by atoms with Crippen LogP contribution in [-0.2, 0) is 30.3 Å². The minimum Gasteiger partial charge on any atom is -0.381 e. The van der Waals surface area contributed by atoms with Gasteiger partial charge in [-0.25, -0.2) is 4.98 Å². The molecule has 2 atom stereocenters. The van der Waals surface area contributed by atoms with Gasteiger partial charge < -0.3 is 15.0 Å². The first-order chi connectivity index (χ1) is 26.7. The van der Waals surface area contributed by atoms with E-state index in [0.717, 1.165) is 102 Å². The fourth-order valence-electron chi connectivity index (χ4n) is 6.36. The highest BCUT2D eigenvalue weighted by molar-refractivity contribution is 6.04. The van der Waals surface area contributed by atoms with E-state index in [0.29, 0.717) is 17.4 Å². The Hall–Kier alpha value is -3.80. The molecule has 0 spiro atoms. The zero-order chi connectivity index (χ0) is 41.3. The number of aromatic nitrogens is 3. The van der Waals surface area contributed by atoms with Crippen molar-refractivity contribution in [3.05, 3.63) is 87.7 Å². The highest BCUT2D eigenvalue weighted by atomic mass is 19.4. The minimum atomic E-state index is -4.49. The number of anilines is 1. The Labute approximate surface area is 334 Å². The van der Waals surface area contributed by atoms with Gasteiger partial charge in [0.2, 0.25) is 0 Å². The molecular formula is C45H67F3N6O2. The first-order valence-corrected chi connectivity index (χ1v) is 20.7. The van der Waals surface area contributed by atoms with E-state index < -0.39 is 17.6 Å². The second-order valence-corrected chi connectivity index (χ2v) is 15.2. The molecule has 5 rings (SSSR count). The molecule has 1 aliphatic heterocycles. The minimum absolute atomic E-state index is 0.151. The number of nitrogens with zero attached hydrogens (tertiary/aromatic N) is 4. The normalized spacial score (nSPS) is 14.7. The van der Waals surface area contributed by atoms with Gasteiger partial charge in [-0.1, -0.05) is 67.0 Å². The average Bonchev–Trinajstić information content (AvgIpc) is 3.62. The molecule has 0 aliphatic carbocycles. The molecule has 1 saturated heterocycles. The number of carbonyl (C=O) groups is 1. The number of amides is 1. The number of halogens is 3. The van der Waals surface area contributed by atoms with E-state index in [1.807, 2.05) is 37.2 Å². The molecule has 2 unspecified atom stereocenters. The number of piperazine rings is 1. The van der Waals surface area contributed by atoms with Crippen molar-refractivity contribution in [1.29, 1.82) is 0 Å². The van der Waals surface area contributed by atoms with Crippen LogP contribution in [0.5, 0.6) is 0 Å². The number of alkyl halides is 3. The Morgan fingerprint density at radius 1 is 0.929 bits per heavy atom. The number of ether oxygens (including phenoxy) is 1. The first kappa shape index (κ1) is 46.6. The summed E-state index contributed by atoms with van der Waals surface area (Å²) in [6, 6.07) is 11.8. The van der Waals surface area contributed by atoms with Crippen LogP contribution < -0.4 is 5.32 Å². The van der Waals surface area contributed by atoms with Crippen LogP contribution in [0.15, 0.2) is 48.7 Å². The number of fused-ring (bicyclic) bond motifs is 1. The Kier molecular flexibility index (Phi) is 19.5. The number of benzene rings is 2. The molecule has 2 aromatic carbocycles. The Morgan fingerprint density at radius 3 is 2.20 bits per heavy atom. The van der Waals surface area contributed by atoms with E-state index in [2.05, 4.69) is 79.9 Å². The molecule has 1 amide bonds. The van der Waals surface area contributed by atoms with Crippen LogP contribution in [0.4, 0.5) is 18.9 Å². The number of aryl methyl sites for hydroxylation is 3. The van der Waals surface area contributed by atoms with Gasteiger partial charge in [0, 0.05) is 74.5 Å². The predicted molar refractivity (Wildman–Crippen MR) is 224 cm³/mol. The average molecular weight is 781 g/mol. The fraction of sp³-hybridized carbons (Fsp3) is 0.578. The summed E-state index contributed by atoms with van der Waals surface area (Å²) in [6.45, 7) is 22.4. The second kappa shape index (κ2) is 23.4. The zero-order valence-electron chi connectivity index (χ0n) is 35.4. The second-order valence-electron chi connectivity index (χ2n) is 15.2. The predicted octanol–water partition coefficient (Wildman–Crippen LogP) is 10.8. The Bertz CT molecular complexity index is 1760. The summed E-state index contributed by atoms with van der Waals surface area (Å²) in [5, 5.41) is 11.2. The number of hydrogen-bond donors (Lipinski definition) is 2. The zero-order valence-corrected chi connectivity index (χ0v) is 35.4. The number of H-pyrrole nitrogens is 1. The standard InChI is InChI=1S/C27H36F3N3O.C12H17N3.C6H14O/c1-5-19(2)6-7-21-8-9-22(16-20(21)3)26(34)31-24-11-10-23(25(17-24)27(28,29)30)18-33-14-12-32(4)13-15-33;1-4-8(3)11-10-6-9(5-2)7-13-12(10)15-14-11;1-3-5-7-6-4-2/h8-11,16-17,19H,5-7,12-15,18H2,1-4H3,(H,31,34);6-8H,4-5H2,1-3H3,(H,13,14,15);3-6H2,1-2H3. The molecule has 56 heavy (non-hydrogen) atoms. The van der Waals surface area contributed by atoms with E-state index in [4.69, 9.17) is 4.74 Å². The molecule has 1 aliphatic rings. The van der Waals surface area contributed by atoms with E-state index in [9.17, 15) is 18.0 Å². The van der Waals surface area contributed by atoms with E-state index in [-0.39, 0.29) is 17.8 Å². The molecule has 1 fully saturated rings. The largest absolute Gasteiger partial charge is 0.416 e. The third-order valence-corrected chi connectivity index (χ3v) is 10.6. The molecule has 11 heteroatoms. The smallest absolute Gasteiger partial charge is 0.381 e. The Balaban J connectivity index is 0.000000312. The SMILES string of the molecule is CCC(C)CCc1ccc(C(=O)Nc2ccc(CN3CCN(C)CC3)c(C(F)(F)F)c2)cc1C.CCCOCCC.CCc1cnc2n[nH]c(C(C)CC)c2c1. The number of nitrogens with one attached hydrogen (secondary N) is 2. The lowest BCUT2D eigenvalue weighted by Gasteiger charge is -2.33. The molecule has 0 bridgehead atoms. The van der Waals surface area contributed by atoms with Crippen molar-refractivity contribution in [2.24, 2.45) is 5.92 Å². The lowest BCUT2D eigenvalue weighted by molar-refractivity contribution is -0.138. The molecule has 8 nitrogen and oxygen atoms in total. The van der Waals surface area contributed by atoms with Crippen molar-refractivity contribution in [1.82, 2.24) is 25.0 Å². The van der Waals surface area contributed by atoms with Crippen molar-refractivity contribution < 1.29 is 22.7 Å². The summed E-state index contributed by atoms with van der Waals surface area (Å²) >= 11 is 0. The molecule has 2 aromatic heterocycles. The van der Waals surface area contributed by atoms with Gasteiger partial charge in [-0.3, -0.25) is 14.8 Å². The number of rotatable bonds is 15. The number of hydrogen-bond acceptors (Lipinski definition) is 6. The maximum absolute atomic E-state index is 13.8. The van der Waals surface area contributed by atoms with Gasteiger partial charge in [0.1, 0.15) is 0 Å². The topological polar surface area (TPSA) is 86.4 Å². The summed E-state index contributed by atoms with van der Waals surface area (Å²) < 4.78 is 46.6. The molecule has 3 heterocycles. The van der Waals surface area contributed by atoms with Gasteiger partial charge in [-0.15, -0.1) is 0 Å². The third-order valence-electron chi connectivity index (χ3n) is 10.6. The highest BCUT2D eigenvalue weighted by Crippen LogP contribution is 2.35. The van der Waals surface area contributed by atoms with E-state index in [1.54, 1.807) is 12.1 Å². The maximum atomic E-state index is 13.8. The van der Waals surface area contributed by atoms with Gasteiger partial charge in [0.25, 0.3) is 5.91 Å². The highest BCUT2D eigenvalue weighted by Gasteiger charge is 2.34. The molecule has 0 radical (unpaired) electrons. The molecule has 0 saturated carbocycles. The van der Waals surface area contributed by atoms with Crippen LogP contribution in [0.1, 0.15) is 130 Å². The lowest BCUT2D eigenvalue weighted by atomic mass is 9.95. The quantitative estimate of drug-likeness (QED) is 0.117. The molecule has 310 valence electrons. The van der Waals surface area contributed by atoms with Crippen LogP contribution in [0.2, 0.25) is 0 Å². The van der Waals surface area contributed by atoms with Gasteiger partial charge >= 0.3 is 6.18 Å². The summed E-state index contributed by atoms with van der Waals surface area (Å²) in [5.41, 5.74) is 5.68. The molecular weight excluding hydrogens is 714 g/mol. The number of carbonyl (C=O) groups excluding carboxylic acids is 1. The van der Waals surface area contributed by atoms with E-state index in [1.165, 1.54) is 28.3 Å². The summed E-state index contributed by atoms with van der Waals surface area (Å²) in [6.07, 6.45) is 5.01. The molecule has 2 N–H and O–H groups in total. The van der Waals surface area contributed by atoms with Gasteiger partial charge in [0.15, 0.2) is 5.65 Å².